The molecule has 0 aliphatic carbocycles. The van der Waals surface area contributed by atoms with Crippen LogP contribution in [0.15, 0.2) is 22.9 Å². The van der Waals surface area contributed by atoms with Crippen LogP contribution in [0.5, 0.6) is 17.2 Å². The molecule has 2 aromatic rings. The van der Waals surface area contributed by atoms with Gasteiger partial charge in [0.15, 0.2) is 11.5 Å². The molecule has 6 nitrogen and oxygen atoms in total. The summed E-state index contributed by atoms with van der Waals surface area (Å²) in [4.78, 5) is 0. The Hall–Kier alpha value is -2.37. The van der Waals surface area contributed by atoms with Crippen LogP contribution in [0.1, 0.15) is 0 Å². The highest BCUT2D eigenvalue weighted by Crippen LogP contribution is 2.44. The molecular formula is C10H8N2O4. The Kier molecular flexibility index (Phi) is 1.70. The van der Waals surface area contributed by atoms with E-state index in [1.54, 1.807) is 6.07 Å². The lowest BCUT2D eigenvalue weighted by Gasteiger charge is -2.03. The summed E-state index contributed by atoms with van der Waals surface area (Å²) < 4.78 is 15.0. The third-order valence-electron chi connectivity index (χ3n) is 2.36. The summed E-state index contributed by atoms with van der Waals surface area (Å²) in [5.41, 5.74) is 6.86. The number of hydrogen-bond donors (Lipinski definition) is 2. The molecule has 0 amide bonds. The minimum Gasteiger partial charge on any atom is -0.504 e. The van der Waals surface area contributed by atoms with Crippen molar-refractivity contribution in [3.8, 4) is 28.4 Å². The summed E-state index contributed by atoms with van der Waals surface area (Å²) in [5.74, 6) is 1.03. The summed E-state index contributed by atoms with van der Waals surface area (Å²) in [7, 11) is 0. The summed E-state index contributed by atoms with van der Waals surface area (Å²) in [6.45, 7) is 0.103. The number of nitrogens with zero attached hydrogens (tertiary/aromatic N) is 1. The molecule has 6 heteroatoms. The quantitative estimate of drug-likeness (QED) is 0.753. The van der Waals surface area contributed by atoms with Gasteiger partial charge in [-0.25, -0.2) is 0 Å². The van der Waals surface area contributed by atoms with Crippen molar-refractivity contribution in [1.29, 1.82) is 0 Å². The largest absolute Gasteiger partial charge is 0.504 e. The van der Waals surface area contributed by atoms with Crippen LogP contribution >= 0.6 is 0 Å². The second kappa shape index (κ2) is 3.06. The molecule has 1 aromatic carbocycles. The fraction of sp³-hybridized carbons (Fsp3) is 0.100. The number of ether oxygens (including phenoxy) is 2. The lowest BCUT2D eigenvalue weighted by molar-refractivity contribution is 0.171. The van der Waals surface area contributed by atoms with E-state index < -0.39 is 0 Å². The van der Waals surface area contributed by atoms with Gasteiger partial charge in [-0.15, -0.1) is 0 Å². The van der Waals surface area contributed by atoms with E-state index in [-0.39, 0.29) is 18.4 Å². The van der Waals surface area contributed by atoms with Crippen LogP contribution in [0.3, 0.4) is 0 Å². The molecule has 0 radical (unpaired) electrons. The van der Waals surface area contributed by atoms with Gasteiger partial charge in [0.1, 0.15) is 0 Å². The fourth-order valence-corrected chi connectivity index (χ4v) is 1.61. The van der Waals surface area contributed by atoms with E-state index in [4.69, 9.17) is 19.7 Å². The molecule has 1 aromatic heterocycles. The first-order valence-corrected chi connectivity index (χ1v) is 4.59. The molecule has 0 saturated carbocycles. The number of benzene rings is 1. The monoisotopic (exact) mass is 220 g/mol. The highest BCUT2D eigenvalue weighted by Gasteiger charge is 2.20. The zero-order valence-electron chi connectivity index (χ0n) is 8.14. The standard InChI is InChI=1S/C10H8N2O4/c11-10-6(3-12-16-10)5-1-7(13)9-8(2-5)14-4-15-9/h1-3,13H,4,11H2. The number of aromatic hydroxyl groups is 1. The van der Waals surface area contributed by atoms with Crippen molar-refractivity contribution in [2.45, 2.75) is 0 Å². The Labute approximate surface area is 90.2 Å². The minimum atomic E-state index is 0.00519. The van der Waals surface area contributed by atoms with Crippen LogP contribution in [-0.4, -0.2) is 17.1 Å². The normalized spacial score (nSPS) is 13.0. The Balaban J connectivity index is 2.17. The second-order valence-electron chi connectivity index (χ2n) is 3.33. The summed E-state index contributed by atoms with van der Waals surface area (Å²) in [6.07, 6.45) is 1.48. The lowest BCUT2D eigenvalue weighted by Crippen LogP contribution is -1.93. The Bertz CT molecular complexity index is 550. The third-order valence-corrected chi connectivity index (χ3v) is 2.36. The van der Waals surface area contributed by atoms with Crippen molar-refractivity contribution in [3.05, 3.63) is 18.3 Å². The fourth-order valence-electron chi connectivity index (χ4n) is 1.61. The lowest BCUT2D eigenvalue weighted by atomic mass is 10.1. The molecular weight excluding hydrogens is 212 g/mol. The van der Waals surface area contributed by atoms with E-state index in [9.17, 15) is 5.11 Å². The van der Waals surface area contributed by atoms with Crippen molar-refractivity contribution in [2.24, 2.45) is 0 Å². The van der Waals surface area contributed by atoms with E-state index in [1.807, 2.05) is 0 Å². The number of fused-ring (bicyclic) bond motifs is 1. The van der Waals surface area contributed by atoms with Crippen LogP contribution in [0.25, 0.3) is 11.1 Å². The van der Waals surface area contributed by atoms with Gasteiger partial charge in [-0.2, -0.15) is 0 Å². The van der Waals surface area contributed by atoms with E-state index in [2.05, 4.69) is 5.16 Å². The highest BCUT2D eigenvalue weighted by atomic mass is 16.7. The van der Waals surface area contributed by atoms with Crippen LogP contribution in [0, 0.1) is 0 Å². The van der Waals surface area contributed by atoms with Crippen molar-refractivity contribution in [3.63, 3.8) is 0 Å². The Morgan fingerprint density at radius 2 is 2.19 bits per heavy atom. The average molecular weight is 220 g/mol. The first kappa shape index (κ1) is 8.90. The first-order valence-electron chi connectivity index (χ1n) is 4.59. The number of nitrogen functional groups attached to an aromatic ring is 1. The Morgan fingerprint density at radius 3 is 2.94 bits per heavy atom. The minimum absolute atomic E-state index is 0.00519. The number of anilines is 1. The van der Waals surface area contributed by atoms with Crippen LogP contribution in [-0.2, 0) is 0 Å². The molecule has 0 spiro atoms. The van der Waals surface area contributed by atoms with E-state index in [1.165, 1.54) is 12.3 Å². The maximum atomic E-state index is 9.71. The second-order valence-corrected chi connectivity index (χ2v) is 3.33. The van der Waals surface area contributed by atoms with Gasteiger partial charge in [0.2, 0.25) is 18.4 Å². The predicted molar refractivity (Wildman–Crippen MR) is 54.1 cm³/mol. The van der Waals surface area contributed by atoms with Crippen molar-refractivity contribution in [2.75, 3.05) is 12.5 Å². The molecule has 82 valence electrons. The van der Waals surface area contributed by atoms with Gasteiger partial charge >= 0.3 is 0 Å². The summed E-state index contributed by atoms with van der Waals surface area (Å²) in [6, 6.07) is 3.24. The van der Waals surface area contributed by atoms with Gasteiger partial charge in [-0.3, -0.25) is 0 Å². The molecule has 2 heterocycles. The van der Waals surface area contributed by atoms with Crippen molar-refractivity contribution >= 4 is 5.88 Å². The predicted octanol–water partition coefficient (Wildman–Crippen LogP) is 1.36. The van der Waals surface area contributed by atoms with Gasteiger partial charge in [-0.1, -0.05) is 5.16 Å². The Morgan fingerprint density at radius 1 is 1.31 bits per heavy atom. The number of rotatable bonds is 1. The van der Waals surface area contributed by atoms with Gasteiger partial charge in [0.05, 0.1) is 11.8 Å². The zero-order valence-corrected chi connectivity index (χ0v) is 8.14. The molecule has 0 saturated heterocycles. The number of aromatic nitrogens is 1. The van der Waals surface area contributed by atoms with Gasteiger partial charge in [0.25, 0.3) is 0 Å². The maximum absolute atomic E-state index is 9.71. The van der Waals surface area contributed by atoms with Gasteiger partial charge in [-0.05, 0) is 17.7 Å². The van der Waals surface area contributed by atoms with E-state index in [0.29, 0.717) is 22.6 Å². The van der Waals surface area contributed by atoms with E-state index >= 15 is 0 Å². The molecule has 16 heavy (non-hydrogen) atoms. The topological polar surface area (TPSA) is 90.7 Å². The molecule has 0 bridgehead atoms. The third kappa shape index (κ3) is 1.16. The molecule has 0 atom stereocenters. The van der Waals surface area contributed by atoms with Crippen LogP contribution < -0.4 is 15.2 Å². The summed E-state index contributed by atoms with van der Waals surface area (Å²) in [5, 5.41) is 13.3. The number of phenolic OH excluding ortho intramolecular Hbond substituents is 1. The first-order chi connectivity index (χ1) is 7.75. The smallest absolute Gasteiger partial charge is 0.231 e. The van der Waals surface area contributed by atoms with Gasteiger partial charge < -0.3 is 24.8 Å². The maximum Gasteiger partial charge on any atom is 0.231 e. The zero-order chi connectivity index (χ0) is 11.1. The SMILES string of the molecule is Nc1oncc1-c1cc(O)c2c(c1)OCO2. The van der Waals surface area contributed by atoms with Crippen molar-refractivity contribution < 1.29 is 19.1 Å². The van der Waals surface area contributed by atoms with E-state index in [0.717, 1.165) is 0 Å². The highest BCUT2D eigenvalue weighted by molar-refractivity contribution is 5.76. The molecule has 3 rings (SSSR count). The molecule has 3 N–H and O–H groups in total. The van der Waals surface area contributed by atoms with Gasteiger partial charge in [0, 0.05) is 0 Å². The average Bonchev–Trinajstić information content (AvgIpc) is 2.85. The number of phenols is 1. The molecule has 1 aliphatic heterocycles. The van der Waals surface area contributed by atoms with Crippen LogP contribution in [0.4, 0.5) is 5.88 Å². The molecule has 1 aliphatic rings. The molecule has 0 unspecified atom stereocenters. The summed E-state index contributed by atoms with van der Waals surface area (Å²) >= 11 is 0. The van der Waals surface area contributed by atoms with Crippen molar-refractivity contribution in [1.82, 2.24) is 5.16 Å². The number of nitrogens with two attached hydrogens (primary N) is 1. The number of hydrogen-bond acceptors (Lipinski definition) is 6. The molecule has 0 fully saturated rings. The van der Waals surface area contributed by atoms with Crippen LogP contribution in [0.2, 0.25) is 0 Å².